The third-order valence-electron chi connectivity index (χ3n) is 5.02. The molecule has 1 aliphatic heterocycles. The number of anilines is 1. The molecular formula is C21H20ClF4N3O7. The van der Waals surface area contributed by atoms with Crippen LogP contribution in [0.5, 0.6) is 0 Å². The predicted octanol–water partition coefficient (Wildman–Crippen LogP) is 3.28. The number of alkyl halides is 3. The van der Waals surface area contributed by atoms with Crippen LogP contribution in [0.2, 0.25) is 5.02 Å². The number of esters is 1. The maximum absolute atomic E-state index is 14.1. The van der Waals surface area contributed by atoms with Crippen molar-refractivity contribution in [1.29, 1.82) is 0 Å². The molecule has 10 nitrogen and oxygen atoms in total. The molecule has 1 aliphatic rings. The summed E-state index contributed by atoms with van der Waals surface area (Å²) in [4.78, 5) is 34.5. The number of carboxylic acids is 2. The van der Waals surface area contributed by atoms with Crippen LogP contribution >= 0.6 is 11.6 Å². The van der Waals surface area contributed by atoms with Gasteiger partial charge in [-0.15, -0.1) is 10.2 Å². The minimum atomic E-state index is -5.08. The van der Waals surface area contributed by atoms with Gasteiger partial charge in [-0.3, -0.25) is 4.79 Å². The van der Waals surface area contributed by atoms with E-state index in [1.807, 2.05) is 0 Å². The zero-order valence-corrected chi connectivity index (χ0v) is 19.6. The quantitative estimate of drug-likeness (QED) is 0.399. The highest BCUT2D eigenvalue weighted by Crippen LogP contribution is 2.34. The van der Waals surface area contributed by atoms with E-state index >= 15 is 0 Å². The van der Waals surface area contributed by atoms with Gasteiger partial charge in [0.05, 0.1) is 18.9 Å². The molecule has 0 radical (unpaired) electrons. The van der Waals surface area contributed by atoms with Crippen molar-refractivity contribution >= 4 is 35.3 Å². The summed E-state index contributed by atoms with van der Waals surface area (Å²) >= 11 is 5.91. The number of benzene rings is 1. The Labute approximate surface area is 206 Å². The van der Waals surface area contributed by atoms with E-state index in [4.69, 9.17) is 31.0 Å². The second kappa shape index (κ2) is 11.5. The maximum atomic E-state index is 14.1. The average Bonchev–Trinajstić information content (AvgIpc) is 3.14. The first-order chi connectivity index (χ1) is 16.7. The van der Waals surface area contributed by atoms with Crippen molar-refractivity contribution in [3.05, 3.63) is 40.7 Å². The number of hydrogen-bond acceptors (Lipinski definition) is 8. The van der Waals surface area contributed by atoms with Crippen LogP contribution in [0, 0.1) is 11.2 Å². The number of aliphatic carboxylic acids is 1. The van der Waals surface area contributed by atoms with Crippen molar-refractivity contribution < 1.29 is 51.6 Å². The number of carbonyl (C=O) groups excluding carboxylic acids is 1. The molecule has 1 saturated heterocycles. The molecule has 0 aliphatic carbocycles. The van der Waals surface area contributed by atoms with Gasteiger partial charge in [-0.1, -0.05) is 11.6 Å². The topological polar surface area (TPSA) is 139 Å². The number of methoxy groups -OCH3 is 1. The van der Waals surface area contributed by atoms with Crippen LogP contribution in [-0.4, -0.2) is 78.4 Å². The Morgan fingerprint density at radius 3 is 2.39 bits per heavy atom. The molecule has 1 unspecified atom stereocenters. The van der Waals surface area contributed by atoms with E-state index in [0.717, 1.165) is 0 Å². The molecule has 1 atom stereocenters. The third-order valence-corrected chi connectivity index (χ3v) is 5.26. The normalized spacial score (nSPS) is 17.1. The molecule has 0 saturated carbocycles. The lowest BCUT2D eigenvalue weighted by molar-refractivity contribution is -0.192. The Hall–Kier alpha value is -3.52. The summed E-state index contributed by atoms with van der Waals surface area (Å²) in [6.45, 7) is 0.512. The van der Waals surface area contributed by atoms with E-state index in [1.54, 1.807) is 7.05 Å². The number of hydrogen-bond donors (Lipinski definition) is 2. The summed E-state index contributed by atoms with van der Waals surface area (Å²) < 4.78 is 56.1. The van der Waals surface area contributed by atoms with E-state index in [0.29, 0.717) is 6.42 Å². The number of halogens is 5. The van der Waals surface area contributed by atoms with Crippen molar-refractivity contribution in [3.63, 3.8) is 0 Å². The van der Waals surface area contributed by atoms with E-state index in [2.05, 4.69) is 10.2 Å². The van der Waals surface area contributed by atoms with Crippen molar-refractivity contribution in [2.45, 2.75) is 12.6 Å². The molecule has 3 rings (SSSR count). The van der Waals surface area contributed by atoms with Gasteiger partial charge in [0, 0.05) is 37.7 Å². The van der Waals surface area contributed by atoms with Crippen molar-refractivity contribution in [2.24, 2.45) is 5.41 Å². The molecule has 0 amide bonds. The fraction of sp³-hybridized carbons (Fsp3) is 0.381. The summed E-state index contributed by atoms with van der Waals surface area (Å²) in [7, 11) is 3.07. The van der Waals surface area contributed by atoms with Crippen molar-refractivity contribution in [3.8, 4) is 11.3 Å². The first kappa shape index (κ1) is 28.7. The number of carbonyl (C=O) groups is 3. The van der Waals surface area contributed by atoms with Gasteiger partial charge in [-0.25, -0.2) is 14.0 Å². The molecule has 36 heavy (non-hydrogen) atoms. The second-order valence-electron chi connectivity index (χ2n) is 7.65. The maximum Gasteiger partial charge on any atom is 0.490 e. The number of rotatable bonds is 7. The predicted molar refractivity (Wildman–Crippen MR) is 116 cm³/mol. The molecule has 1 aromatic carbocycles. The molecule has 2 N–H and O–H groups in total. The van der Waals surface area contributed by atoms with Gasteiger partial charge in [-0.2, -0.15) is 13.2 Å². The minimum Gasteiger partial charge on any atom is -0.478 e. The summed E-state index contributed by atoms with van der Waals surface area (Å²) in [6, 6.07) is 5.12. The van der Waals surface area contributed by atoms with Crippen LogP contribution in [0.15, 0.2) is 24.3 Å². The zero-order chi connectivity index (χ0) is 27.3. The fourth-order valence-electron chi connectivity index (χ4n) is 3.37. The van der Waals surface area contributed by atoms with Gasteiger partial charge >= 0.3 is 24.1 Å². The first-order valence-corrected chi connectivity index (χ1v) is 10.3. The first-order valence-electron chi connectivity index (χ1n) is 9.95. The molecule has 196 valence electrons. The smallest absolute Gasteiger partial charge is 0.478 e. The lowest BCUT2D eigenvalue weighted by Gasteiger charge is -2.30. The molecule has 2 aromatic rings. The Morgan fingerprint density at radius 2 is 1.89 bits per heavy atom. The van der Waals surface area contributed by atoms with Crippen LogP contribution in [0.3, 0.4) is 0 Å². The van der Waals surface area contributed by atoms with Crippen molar-refractivity contribution in [1.82, 2.24) is 10.2 Å². The van der Waals surface area contributed by atoms with Crippen LogP contribution in [0.1, 0.15) is 16.8 Å². The SMILES string of the molecule is COCC1(CN(C)c2nnc(-c3cc(Cl)ccc3F)cc2C(=O)O)CCOC1=O.O=C(O)C(F)(F)F. The third kappa shape index (κ3) is 6.79. The molecular weight excluding hydrogens is 518 g/mol. The molecule has 1 aromatic heterocycles. The van der Waals surface area contributed by atoms with Gasteiger partial charge in [-0.05, 0) is 24.3 Å². The molecule has 0 spiro atoms. The summed E-state index contributed by atoms with van der Waals surface area (Å²) in [5, 5.41) is 25.0. The zero-order valence-electron chi connectivity index (χ0n) is 18.8. The van der Waals surface area contributed by atoms with Crippen LogP contribution in [-0.2, 0) is 19.1 Å². The van der Waals surface area contributed by atoms with Gasteiger partial charge in [0.15, 0.2) is 5.82 Å². The monoisotopic (exact) mass is 537 g/mol. The van der Waals surface area contributed by atoms with Gasteiger partial charge in [0.1, 0.15) is 16.8 Å². The summed E-state index contributed by atoms with van der Waals surface area (Å²) in [5.41, 5.74) is -1.04. The number of cyclic esters (lactones) is 1. The van der Waals surface area contributed by atoms with E-state index in [9.17, 15) is 32.3 Å². The highest BCUT2D eigenvalue weighted by Gasteiger charge is 2.46. The Balaban J connectivity index is 0.000000572. The number of nitrogens with zero attached hydrogens (tertiary/aromatic N) is 3. The van der Waals surface area contributed by atoms with E-state index in [1.165, 1.54) is 36.3 Å². The second-order valence-corrected chi connectivity index (χ2v) is 8.09. The van der Waals surface area contributed by atoms with Gasteiger partial charge < -0.3 is 24.6 Å². The van der Waals surface area contributed by atoms with Gasteiger partial charge in [0.25, 0.3) is 0 Å². The molecule has 15 heteroatoms. The standard InChI is InChI=1S/C19H19ClFN3O5.C2HF3O2/c1-24(9-19(10-28-2)5-6-29-18(19)27)16-13(17(25)26)8-15(22-23-16)12-7-11(20)3-4-14(12)21;3-2(4,5)1(6)7/h3-4,7-8H,5-6,9-10H2,1-2H3,(H,25,26);(H,6,7). The number of aromatic carboxylic acids is 1. The van der Waals surface area contributed by atoms with E-state index < -0.39 is 35.3 Å². The fourth-order valence-corrected chi connectivity index (χ4v) is 3.54. The molecule has 2 heterocycles. The highest BCUT2D eigenvalue weighted by atomic mass is 35.5. The lowest BCUT2D eigenvalue weighted by atomic mass is 9.87. The number of ether oxygens (including phenoxy) is 2. The minimum absolute atomic E-state index is 0.0337. The average molecular weight is 538 g/mol. The summed E-state index contributed by atoms with van der Waals surface area (Å²) in [6.07, 6.45) is -4.65. The molecule has 0 bridgehead atoms. The van der Waals surface area contributed by atoms with Crippen LogP contribution in [0.25, 0.3) is 11.3 Å². The largest absolute Gasteiger partial charge is 0.490 e. The van der Waals surface area contributed by atoms with Gasteiger partial charge in [0.2, 0.25) is 0 Å². The highest BCUT2D eigenvalue weighted by molar-refractivity contribution is 6.30. The Kier molecular flexibility index (Phi) is 9.15. The van der Waals surface area contributed by atoms with E-state index in [-0.39, 0.29) is 47.4 Å². The Morgan fingerprint density at radius 1 is 1.25 bits per heavy atom. The number of carboxylic acid groups (broad SMARTS) is 2. The van der Waals surface area contributed by atoms with Crippen LogP contribution < -0.4 is 4.90 Å². The molecule has 1 fully saturated rings. The summed E-state index contributed by atoms with van der Waals surface area (Å²) in [5.74, 6) is -4.99. The van der Waals surface area contributed by atoms with Crippen LogP contribution in [0.4, 0.5) is 23.4 Å². The van der Waals surface area contributed by atoms with Crippen molar-refractivity contribution in [2.75, 3.05) is 38.8 Å². The lowest BCUT2D eigenvalue weighted by Crippen LogP contribution is -2.43. The number of aromatic nitrogens is 2. The Bertz CT molecular complexity index is 1150.